The Bertz CT molecular complexity index is 464. The first-order chi connectivity index (χ1) is 9.61. The minimum Gasteiger partial charge on any atom is -0.393 e. The Morgan fingerprint density at radius 2 is 2.05 bits per heavy atom. The molecule has 0 heterocycles. The van der Waals surface area contributed by atoms with E-state index in [1.807, 2.05) is 0 Å². The van der Waals surface area contributed by atoms with Gasteiger partial charge in [0.05, 0.1) is 6.10 Å². The summed E-state index contributed by atoms with van der Waals surface area (Å²) in [5.74, 6) is 0.653. The van der Waals surface area contributed by atoms with Gasteiger partial charge in [0.15, 0.2) is 0 Å². The topological polar surface area (TPSA) is 35.5 Å². The van der Waals surface area contributed by atoms with Crippen LogP contribution in [0.25, 0.3) is 0 Å². The zero-order chi connectivity index (χ0) is 14.1. The van der Waals surface area contributed by atoms with Crippen molar-refractivity contribution in [1.29, 1.82) is 0 Å². The van der Waals surface area contributed by atoms with E-state index in [1.54, 1.807) is 0 Å². The Kier molecular flexibility index (Phi) is 3.99. The predicted molar refractivity (Wildman–Crippen MR) is 83.0 cm³/mol. The summed E-state index contributed by atoms with van der Waals surface area (Å²) in [6.07, 6.45) is 4.54. The fourth-order valence-corrected chi connectivity index (χ4v) is 3.11. The maximum atomic E-state index is 9.42. The summed E-state index contributed by atoms with van der Waals surface area (Å²) in [5.41, 5.74) is 4.07. The van der Waals surface area contributed by atoms with Crippen LogP contribution >= 0.6 is 0 Å². The quantitative estimate of drug-likeness (QED) is 0.836. The molecular formula is C17H26N2O. The Morgan fingerprint density at radius 3 is 2.70 bits per heavy atom. The number of hydrogen-bond acceptors (Lipinski definition) is 3. The van der Waals surface area contributed by atoms with Crippen LogP contribution in [0.4, 0.5) is 5.69 Å². The van der Waals surface area contributed by atoms with Gasteiger partial charge >= 0.3 is 0 Å². The largest absolute Gasteiger partial charge is 0.393 e. The molecule has 2 aliphatic carbocycles. The SMILES string of the molecule is Cc1ccc(N(C)CC2CC(O)C2)c(CNC2CC2)c1. The molecule has 0 spiro atoms. The Hall–Kier alpha value is -1.06. The highest BCUT2D eigenvalue weighted by Gasteiger charge is 2.28. The molecule has 2 fully saturated rings. The molecule has 0 unspecified atom stereocenters. The highest BCUT2D eigenvalue weighted by Crippen LogP contribution is 2.30. The van der Waals surface area contributed by atoms with Crippen molar-refractivity contribution in [3.05, 3.63) is 29.3 Å². The third-order valence-electron chi connectivity index (χ3n) is 4.55. The number of nitrogens with one attached hydrogen (secondary N) is 1. The Balaban J connectivity index is 1.66. The number of benzene rings is 1. The van der Waals surface area contributed by atoms with Gasteiger partial charge in [-0.15, -0.1) is 0 Å². The van der Waals surface area contributed by atoms with Crippen molar-refractivity contribution in [3.63, 3.8) is 0 Å². The molecule has 3 heteroatoms. The number of rotatable bonds is 6. The normalized spacial score (nSPS) is 25.4. The van der Waals surface area contributed by atoms with Gasteiger partial charge in [0.1, 0.15) is 0 Å². The van der Waals surface area contributed by atoms with Gasteiger partial charge in [-0.25, -0.2) is 0 Å². The second-order valence-corrected chi connectivity index (χ2v) is 6.66. The van der Waals surface area contributed by atoms with E-state index in [1.165, 1.54) is 29.7 Å². The molecule has 0 aliphatic heterocycles. The minimum absolute atomic E-state index is 0.0533. The summed E-state index contributed by atoms with van der Waals surface area (Å²) in [7, 11) is 2.18. The molecule has 0 bridgehead atoms. The molecule has 0 atom stereocenters. The third-order valence-corrected chi connectivity index (χ3v) is 4.55. The van der Waals surface area contributed by atoms with E-state index in [4.69, 9.17) is 0 Å². The number of nitrogens with zero attached hydrogens (tertiary/aromatic N) is 1. The highest BCUT2D eigenvalue weighted by molar-refractivity contribution is 5.54. The van der Waals surface area contributed by atoms with Gasteiger partial charge in [0, 0.05) is 31.9 Å². The standard InChI is InChI=1S/C17H26N2O/c1-12-3-6-17(14(7-12)10-18-15-4-5-15)19(2)11-13-8-16(20)9-13/h3,6-7,13,15-16,18,20H,4-5,8-11H2,1-2H3. The lowest BCUT2D eigenvalue weighted by molar-refractivity contribution is 0.0464. The van der Waals surface area contributed by atoms with Gasteiger partial charge in [-0.3, -0.25) is 0 Å². The lowest BCUT2D eigenvalue weighted by atomic mass is 9.82. The molecule has 0 aromatic heterocycles. The van der Waals surface area contributed by atoms with E-state index in [0.717, 1.165) is 32.0 Å². The lowest BCUT2D eigenvalue weighted by Crippen LogP contribution is -2.37. The molecule has 2 N–H and O–H groups in total. The van der Waals surface area contributed by atoms with Crippen molar-refractivity contribution in [1.82, 2.24) is 5.32 Å². The number of hydrogen-bond donors (Lipinski definition) is 2. The number of aryl methyl sites for hydroxylation is 1. The lowest BCUT2D eigenvalue weighted by Gasteiger charge is -2.36. The minimum atomic E-state index is -0.0533. The summed E-state index contributed by atoms with van der Waals surface area (Å²) < 4.78 is 0. The fourth-order valence-electron chi connectivity index (χ4n) is 3.11. The van der Waals surface area contributed by atoms with Gasteiger partial charge in [-0.2, -0.15) is 0 Å². The molecule has 1 aromatic carbocycles. The third kappa shape index (κ3) is 3.33. The second-order valence-electron chi connectivity index (χ2n) is 6.66. The van der Waals surface area contributed by atoms with Gasteiger partial charge in [0.25, 0.3) is 0 Å². The maximum Gasteiger partial charge on any atom is 0.0546 e. The summed E-state index contributed by atoms with van der Waals surface area (Å²) in [4.78, 5) is 2.36. The fraction of sp³-hybridized carbons (Fsp3) is 0.647. The van der Waals surface area contributed by atoms with Crippen molar-refractivity contribution >= 4 is 5.69 Å². The van der Waals surface area contributed by atoms with E-state index in [9.17, 15) is 5.11 Å². The average Bonchev–Trinajstić information content (AvgIpc) is 3.18. The molecule has 110 valence electrons. The maximum absolute atomic E-state index is 9.42. The molecule has 20 heavy (non-hydrogen) atoms. The van der Waals surface area contributed by atoms with Gasteiger partial charge in [-0.05, 0) is 50.2 Å². The van der Waals surface area contributed by atoms with Crippen LogP contribution in [0, 0.1) is 12.8 Å². The second kappa shape index (κ2) is 5.74. The summed E-state index contributed by atoms with van der Waals surface area (Å²) in [6.45, 7) is 4.18. The first-order valence-electron chi connectivity index (χ1n) is 7.84. The van der Waals surface area contributed by atoms with E-state index in [2.05, 4.69) is 42.4 Å². The molecule has 0 radical (unpaired) electrons. The molecular weight excluding hydrogens is 248 g/mol. The highest BCUT2D eigenvalue weighted by atomic mass is 16.3. The van der Waals surface area contributed by atoms with Crippen molar-refractivity contribution < 1.29 is 5.11 Å². The Labute approximate surface area is 122 Å². The first kappa shape index (κ1) is 13.9. The number of anilines is 1. The molecule has 1 aromatic rings. The predicted octanol–water partition coefficient (Wildman–Crippen LogP) is 2.45. The van der Waals surface area contributed by atoms with Gasteiger partial charge < -0.3 is 15.3 Å². The molecule has 2 saturated carbocycles. The summed E-state index contributed by atoms with van der Waals surface area (Å²) in [5, 5.41) is 13.0. The summed E-state index contributed by atoms with van der Waals surface area (Å²) in [6, 6.07) is 7.49. The Morgan fingerprint density at radius 1 is 1.30 bits per heavy atom. The zero-order valence-corrected chi connectivity index (χ0v) is 12.6. The molecule has 3 nitrogen and oxygen atoms in total. The molecule has 3 rings (SSSR count). The number of aliphatic hydroxyl groups excluding tert-OH is 1. The van der Waals surface area contributed by atoms with E-state index in [0.29, 0.717) is 5.92 Å². The van der Waals surface area contributed by atoms with E-state index in [-0.39, 0.29) is 6.10 Å². The first-order valence-corrected chi connectivity index (χ1v) is 7.84. The van der Waals surface area contributed by atoms with E-state index < -0.39 is 0 Å². The van der Waals surface area contributed by atoms with Crippen molar-refractivity contribution in [2.24, 2.45) is 5.92 Å². The van der Waals surface area contributed by atoms with Crippen LogP contribution in [0.2, 0.25) is 0 Å². The zero-order valence-electron chi connectivity index (χ0n) is 12.6. The van der Waals surface area contributed by atoms with Crippen LogP contribution in [-0.2, 0) is 6.54 Å². The summed E-state index contributed by atoms with van der Waals surface area (Å²) >= 11 is 0. The van der Waals surface area contributed by atoms with Gasteiger partial charge in [-0.1, -0.05) is 17.7 Å². The van der Waals surface area contributed by atoms with Crippen LogP contribution in [0.15, 0.2) is 18.2 Å². The number of aliphatic hydroxyl groups is 1. The monoisotopic (exact) mass is 274 g/mol. The van der Waals surface area contributed by atoms with Crippen LogP contribution < -0.4 is 10.2 Å². The van der Waals surface area contributed by atoms with Crippen molar-refractivity contribution in [2.75, 3.05) is 18.5 Å². The van der Waals surface area contributed by atoms with Crippen molar-refractivity contribution in [3.8, 4) is 0 Å². The van der Waals surface area contributed by atoms with Crippen LogP contribution in [0.3, 0.4) is 0 Å². The van der Waals surface area contributed by atoms with Crippen LogP contribution in [-0.4, -0.2) is 30.8 Å². The van der Waals surface area contributed by atoms with Crippen LogP contribution in [0.5, 0.6) is 0 Å². The van der Waals surface area contributed by atoms with Crippen molar-refractivity contribution in [2.45, 2.75) is 51.3 Å². The molecule has 2 aliphatic rings. The smallest absolute Gasteiger partial charge is 0.0546 e. The van der Waals surface area contributed by atoms with Crippen LogP contribution in [0.1, 0.15) is 36.8 Å². The molecule has 0 amide bonds. The van der Waals surface area contributed by atoms with E-state index >= 15 is 0 Å². The molecule has 0 saturated heterocycles. The van der Waals surface area contributed by atoms with Gasteiger partial charge in [0.2, 0.25) is 0 Å². The average molecular weight is 274 g/mol.